The van der Waals surface area contributed by atoms with Crippen LogP contribution in [0.1, 0.15) is 25.0 Å². The van der Waals surface area contributed by atoms with E-state index in [0.717, 1.165) is 31.5 Å². The highest BCUT2D eigenvalue weighted by atomic mass is 19.4. The Morgan fingerprint density at radius 1 is 1.39 bits per heavy atom. The van der Waals surface area contributed by atoms with E-state index in [9.17, 15) is 13.2 Å². The molecule has 0 unspecified atom stereocenters. The summed E-state index contributed by atoms with van der Waals surface area (Å²) in [6, 6.07) is 0.859. The zero-order chi connectivity index (χ0) is 13.2. The van der Waals surface area contributed by atoms with Crippen molar-refractivity contribution in [3.8, 4) is 0 Å². The number of anilines is 1. The molecule has 1 saturated carbocycles. The molecule has 0 saturated heterocycles. The largest absolute Gasteiger partial charge is 0.433 e. The van der Waals surface area contributed by atoms with Gasteiger partial charge in [-0.25, -0.2) is 9.97 Å². The van der Waals surface area contributed by atoms with Gasteiger partial charge in [-0.2, -0.15) is 13.2 Å². The first-order valence-electron chi connectivity index (χ1n) is 5.79. The van der Waals surface area contributed by atoms with E-state index in [1.54, 1.807) is 0 Å². The number of nitrogens with one attached hydrogen (secondary N) is 1. The van der Waals surface area contributed by atoms with Crippen molar-refractivity contribution in [1.82, 2.24) is 9.97 Å². The monoisotopic (exact) mass is 260 g/mol. The third kappa shape index (κ3) is 3.10. The maximum atomic E-state index is 12.4. The van der Waals surface area contributed by atoms with Crippen LogP contribution in [-0.2, 0) is 6.18 Å². The van der Waals surface area contributed by atoms with Crippen molar-refractivity contribution >= 4 is 5.95 Å². The summed E-state index contributed by atoms with van der Waals surface area (Å²) in [6.07, 6.45) is -0.347. The van der Waals surface area contributed by atoms with Gasteiger partial charge in [-0.3, -0.25) is 0 Å². The van der Waals surface area contributed by atoms with Crippen LogP contribution < -0.4 is 11.1 Å². The minimum Gasteiger partial charge on any atom is -0.354 e. The van der Waals surface area contributed by atoms with E-state index in [1.165, 1.54) is 0 Å². The molecule has 0 atom stereocenters. The number of rotatable bonds is 5. The van der Waals surface area contributed by atoms with E-state index >= 15 is 0 Å². The van der Waals surface area contributed by atoms with E-state index in [1.807, 2.05) is 0 Å². The van der Waals surface area contributed by atoms with Crippen LogP contribution in [0.25, 0.3) is 0 Å². The summed E-state index contributed by atoms with van der Waals surface area (Å²) >= 11 is 0. The smallest absolute Gasteiger partial charge is 0.354 e. The van der Waals surface area contributed by atoms with Crippen LogP contribution in [-0.4, -0.2) is 23.1 Å². The summed E-state index contributed by atoms with van der Waals surface area (Å²) in [7, 11) is 0. The van der Waals surface area contributed by atoms with Gasteiger partial charge in [0.1, 0.15) is 5.69 Å². The van der Waals surface area contributed by atoms with Crippen LogP contribution in [0.15, 0.2) is 12.3 Å². The Kier molecular flexibility index (Phi) is 3.43. The summed E-state index contributed by atoms with van der Waals surface area (Å²) in [5.41, 5.74) is 4.70. The Labute approximate surface area is 103 Å². The number of alkyl halides is 3. The number of aromatic nitrogens is 2. The first kappa shape index (κ1) is 13.1. The molecule has 0 amide bonds. The van der Waals surface area contributed by atoms with E-state index in [-0.39, 0.29) is 11.4 Å². The number of hydrogen-bond acceptors (Lipinski definition) is 4. The average molecular weight is 260 g/mol. The van der Waals surface area contributed by atoms with Gasteiger partial charge in [0.05, 0.1) is 0 Å². The van der Waals surface area contributed by atoms with Crippen molar-refractivity contribution in [2.75, 3.05) is 18.4 Å². The Balaban J connectivity index is 1.98. The van der Waals surface area contributed by atoms with E-state index in [2.05, 4.69) is 15.3 Å². The fraction of sp³-hybridized carbons (Fsp3) is 0.636. The van der Waals surface area contributed by atoms with Crippen molar-refractivity contribution in [3.05, 3.63) is 18.0 Å². The average Bonchev–Trinajstić information content (AvgIpc) is 3.07. The zero-order valence-electron chi connectivity index (χ0n) is 9.80. The number of nitrogens with zero attached hydrogens (tertiary/aromatic N) is 2. The lowest BCUT2D eigenvalue weighted by Crippen LogP contribution is -2.21. The van der Waals surface area contributed by atoms with E-state index in [0.29, 0.717) is 13.1 Å². The van der Waals surface area contributed by atoms with Crippen LogP contribution in [0, 0.1) is 5.41 Å². The first-order chi connectivity index (χ1) is 8.45. The molecule has 18 heavy (non-hydrogen) atoms. The summed E-state index contributed by atoms with van der Waals surface area (Å²) in [5, 5.41) is 2.87. The Morgan fingerprint density at radius 3 is 2.67 bits per heavy atom. The molecule has 3 N–H and O–H groups in total. The molecule has 0 spiro atoms. The second-order valence-electron chi connectivity index (χ2n) is 4.66. The highest BCUT2D eigenvalue weighted by molar-refractivity contribution is 5.27. The lowest BCUT2D eigenvalue weighted by Gasteiger charge is -2.15. The van der Waals surface area contributed by atoms with Gasteiger partial charge in [0.25, 0.3) is 0 Å². The minimum atomic E-state index is -4.44. The fourth-order valence-corrected chi connectivity index (χ4v) is 1.87. The van der Waals surface area contributed by atoms with Gasteiger partial charge in [-0.1, -0.05) is 0 Å². The van der Waals surface area contributed by atoms with Gasteiger partial charge >= 0.3 is 6.18 Å². The molecule has 1 fully saturated rings. The molecular weight excluding hydrogens is 245 g/mol. The van der Waals surface area contributed by atoms with Crippen molar-refractivity contribution < 1.29 is 13.2 Å². The minimum absolute atomic E-state index is 0.0214. The van der Waals surface area contributed by atoms with Gasteiger partial charge in [0.15, 0.2) is 0 Å². The molecule has 0 radical (unpaired) electrons. The van der Waals surface area contributed by atoms with Crippen molar-refractivity contribution in [2.45, 2.75) is 25.4 Å². The normalized spacial score (nSPS) is 17.6. The summed E-state index contributed by atoms with van der Waals surface area (Å²) in [5.74, 6) is 0.0214. The predicted octanol–water partition coefficient (Wildman–Crippen LogP) is 2.04. The quantitative estimate of drug-likeness (QED) is 0.850. The zero-order valence-corrected chi connectivity index (χ0v) is 9.80. The predicted molar refractivity (Wildman–Crippen MR) is 60.9 cm³/mol. The van der Waals surface area contributed by atoms with Crippen LogP contribution in [0.4, 0.5) is 19.1 Å². The summed E-state index contributed by atoms with van der Waals surface area (Å²) < 4.78 is 37.3. The lowest BCUT2D eigenvalue weighted by atomic mass is 10.0. The molecule has 1 aromatic heterocycles. The molecule has 2 rings (SSSR count). The standard InChI is InChI=1S/C11H15F3N4/c12-11(13,14)8-1-6-16-9(18-8)17-7-10(2-3-10)4-5-15/h1,6H,2-5,7,15H2,(H,16,17,18). The number of nitrogens with two attached hydrogens (primary N) is 1. The second-order valence-corrected chi connectivity index (χ2v) is 4.66. The van der Waals surface area contributed by atoms with Crippen LogP contribution in [0.5, 0.6) is 0 Å². The van der Waals surface area contributed by atoms with Gasteiger partial charge in [-0.05, 0) is 37.3 Å². The Hall–Kier alpha value is -1.37. The first-order valence-corrected chi connectivity index (χ1v) is 5.79. The highest BCUT2D eigenvalue weighted by Gasteiger charge is 2.41. The van der Waals surface area contributed by atoms with Gasteiger partial charge in [-0.15, -0.1) is 0 Å². The third-order valence-corrected chi connectivity index (χ3v) is 3.20. The molecule has 0 bridgehead atoms. The third-order valence-electron chi connectivity index (χ3n) is 3.20. The molecule has 0 aromatic carbocycles. The van der Waals surface area contributed by atoms with Crippen LogP contribution in [0.3, 0.4) is 0 Å². The fourth-order valence-electron chi connectivity index (χ4n) is 1.87. The molecule has 4 nitrogen and oxygen atoms in total. The second kappa shape index (κ2) is 4.72. The van der Waals surface area contributed by atoms with E-state index < -0.39 is 11.9 Å². The molecule has 1 aromatic rings. The van der Waals surface area contributed by atoms with Crippen molar-refractivity contribution in [1.29, 1.82) is 0 Å². The maximum Gasteiger partial charge on any atom is 0.433 e. The number of hydrogen-bond donors (Lipinski definition) is 2. The molecular formula is C11H15F3N4. The van der Waals surface area contributed by atoms with E-state index in [4.69, 9.17) is 5.73 Å². The Bertz CT molecular complexity index is 415. The maximum absolute atomic E-state index is 12.4. The molecule has 100 valence electrons. The van der Waals surface area contributed by atoms with Crippen LogP contribution in [0.2, 0.25) is 0 Å². The summed E-state index contributed by atoms with van der Waals surface area (Å²) in [6.45, 7) is 1.16. The molecule has 1 aliphatic carbocycles. The Morgan fingerprint density at radius 2 is 2.11 bits per heavy atom. The van der Waals surface area contributed by atoms with Crippen molar-refractivity contribution in [3.63, 3.8) is 0 Å². The SMILES string of the molecule is NCCC1(CNc2nccc(C(F)(F)F)n2)CC1. The number of halogens is 3. The highest BCUT2D eigenvalue weighted by Crippen LogP contribution is 2.48. The van der Waals surface area contributed by atoms with Crippen molar-refractivity contribution in [2.24, 2.45) is 11.1 Å². The topological polar surface area (TPSA) is 63.8 Å². The molecule has 7 heteroatoms. The summed E-state index contributed by atoms with van der Waals surface area (Å²) in [4.78, 5) is 7.25. The molecule has 0 aliphatic heterocycles. The lowest BCUT2D eigenvalue weighted by molar-refractivity contribution is -0.141. The van der Waals surface area contributed by atoms with Gasteiger partial charge in [0, 0.05) is 12.7 Å². The van der Waals surface area contributed by atoms with Gasteiger partial charge in [0.2, 0.25) is 5.95 Å². The van der Waals surface area contributed by atoms with Crippen LogP contribution >= 0.6 is 0 Å². The van der Waals surface area contributed by atoms with Gasteiger partial charge < -0.3 is 11.1 Å². The molecule has 1 heterocycles. The molecule has 1 aliphatic rings.